The molecule has 1 unspecified atom stereocenters. The topological polar surface area (TPSA) is 0 Å². The van der Waals surface area contributed by atoms with Crippen LogP contribution in [-0.4, -0.2) is 0 Å². The van der Waals surface area contributed by atoms with Crippen molar-refractivity contribution in [3.05, 3.63) is 42.0 Å². The molecule has 0 radical (unpaired) electrons. The maximum atomic E-state index is 3.69. The molecule has 0 spiro atoms. The predicted molar refractivity (Wildman–Crippen MR) is 51.3 cm³/mol. The van der Waals surface area contributed by atoms with Crippen LogP contribution in [0, 0.1) is 0 Å². The molecule has 0 aliphatic heterocycles. The molecule has 0 N–H and O–H groups in total. The molecule has 0 fully saturated rings. The molecular formula is C9H12P+. The molecule has 0 aromatic heterocycles. The molecule has 0 aliphatic carbocycles. The molecule has 1 atom stereocenters. The summed E-state index contributed by atoms with van der Waals surface area (Å²) in [5.41, 5.74) is 2.59. The van der Waals surface area contributed by atoms with Gasteiger partial charge in [0.2, 0.25) is 0 Å². The van der Waals surface area contributed by atoms with Gasteiger partial charge < -0.3 is 0 Å². The molecule has 1 aromatic carbocycles. The fraction of sp³-hybridized carbons (Fsp3) is 0.111. The zero-order chi connectivity index (χ0) is 7.40. The highest BCUT2D eigenvalue weighted by molar-refractivity contribution is 7.15. The second-order valence-electron chi connectivity index (χ2n) is 2.20. The summed E-state index contributed by atoms with van der Waals surface area (Å²) in [7, 11) is 1.97. The van der Waals surface area contributed by atoms with Crippen LogP contribution in [-0.2, 0) is 6.16 Å². The molecular weight excluding hydrogens is 139 g/mol. The van der Waals surface area contributed by atoms with Crippen molar-refractivity contribution in [3.8, 4) is 0 Å². The molecule has 10 heavy (non-hydrogen) atoms. The van der Waals surface area contributed by atoms with E-state index < -0.39 is 0 Å². The van der Waals surface area contributed by atoms with Gasteiger partial charge in [-0.1, -0.05) is 36.9 Å². The Morgan fingerprint density at radius 3 is 2.30 bits per heavy atom. The predicted octanol–water partition coefficient (Wildman–Crippen LogP) is 2.44. The van der Waals surface area contributed by atoms with Crippen molar-refractivity contribution in [3.63, 3.8) is 0 Å². The van der Waals surface area contributed by atoms with Crippen LogP contribution in [0.2, 0.25) is 0 Å². The summed E-state index contributed by atoms with van der Waals surface area (Å²) in [5, 5.41) is 0. The lowest BCUT2D eigenvalue weighted by atomic mass is 10.1. The number of benzene rings is 1. The first-order valence-electron chi connectivity index (χ1n) is 3.37. The molecule has 0 bridgehead atoms. The Bertz CT molecular complexity index is 211. The van der Waals surface area contributed by atoms with Crippen LogP contribution in [0.3, 0.4) is 0 Å². The van der Waals surface area contributed by atoms with Crippen LogP contribution in [0.25, 0.3) is 6.08 Å². The summed E-state index contributed by atoms with van der Waals surface area (Å²) in [4.78, 5) is 0. The van der Waals surface area contributed by atoms with Gasteiger partial charge in [-0.25, -0.2) is 0 Å². The van der Waals surface area contributed by atoms with Gasteiger partial charge in [-0.3, -0.25) is 0 Å². The highest BCUT2D eigenvalue weighted by Crippen LogP contribution is 2.08. The van der Waals surface area contributed by atoms with E-state index in [9.17, 15) is 0 Å². The van der Waals surface area contributed by atoms with Crippen LogP contribution >= 0.6 is 9.24 Å². The van der Waals surface area contributed by atoms with Crippen molar-refractivity contribution < 1.29 is 0 Å². The maximum Gasteiger partial charge on any atom is 0.0774 e. The molecule has 1 aromatic rings. The van der Waals surface area contributed by atoms with Gasteiger partial charge in [-0.2, -0.15) is 0 Å². The van der Waals surface area contributed by atoms with E-state index >= 15 is 0 Å². The quantitative estimate of drug-likeness (QED) is 0.569. The van der Waals surface area contributed by atoms with E-state index in [4.69, 9.17) is 0 Å². The van der Waals surface area contributed by atoms with Gasteiger partial charge in [0.15, 0.2) is 0 Å². The van der Waals surface area contributed by atoms with E-state index in [1.54, 1.807) is 0 Å². The molecule has 0 aliphatic rings. The van der Waals surface area contributed by atoms with Crippen LogP contribution in [0.5, 0.6) is 0 Å². The minimum atomic E-state index is 1.14. The second-order valence-corrected chi connectivity index (χ2v) is 2.70. The van der Waals surface area contributed by atoms with E-state index in [2.05, 4.69) is 30.8 Å². The largest absolute Gasteiger partial charge is 0.0985 e. The zero-order valence-corrected chi connectivity index (χ0v) is 7.42. The number of hydrogen-bond donors (Lipinski definition) is 0. The average Bonchev–Trinajstić information content (AvgIpc) is 2.05. The highest BCUT2D eigenvalue weighted by atomic mass is 31.0. The second kappa shape index (κ2) is 3.53. The summed E-state index contributed by atoms with van der Waals surface area (Å²) in [6.07, 6.45) is 3.00. The molecule has 0 saturated heterocycles. The Hall–Kier alpha value is -0.610. The van der Waals surface area contributed by atoms with Crippen molar-refractivity contribution in [1.82, 2.24) is 0 Å². The summed E-state index contributed by atoms with van der Waals surface area (Å²) < 4.78 is 0. The first-order valence-corrected chi connectivity index (χ1v) is 4.37. The minimum absolute atomic E-state index is 1.14. The Morgan fingerprint density at radius 1 is 1.30 bits per heavy atom. The first-order chi connectivity index (χ1) is 4.86. The average molecular weight is 151 g/mol. The van der Waals surface area contributed by atoms with Crippen LogP contribution in [0.4, 0.5) is 0 Å². The van der Waals surface area contributed by atoms with Crippen LogP contribution < -0.4 is 0 Å². The van der Waals surface area contributed by atoms with Crippen molar-refractivity contribution in [1.29, 1.82) is 0 Å². The maximum absolute atomic E-state index is 3.69. The molecule has 0 nitrogen and oxygen atoms in total. The molecule has 0 saturated carbocycles. The smallest absolute Gasteiger partial charge is 0.0774 e. The Labute approximate surface area is 64.2 Å². The zero-order valence-electron chi connectivity index (χ0n) is 6.01. The molecule has 0 heterocycles. The van der Waals surface area contributed by atoms with Crippen LogP contribution in [0.15, 0.2) is 30.8 Å². The fourth-order valence-electron chi connectivity index (χ4n) is 0.820. The Balaban J connectivity index is 2.90. The third-order valence-corrected chi connectivity index (χ3v) is 2.08. The van der Waals surface area contributed by atoms with Gasteiger partial charge in [0.1, 0.15) is 0 Å². The van der Waals surface area contributed by atoms with Gasteiger partial charge in [0, 0.05) is 0 Å². The first kappa shape index (κ1) is 7.50. The van der Waals surface area contributed by atoms with Crippen molar-refractivity contribution in [2.24, 2.45) is 0 Å². The Kier molecular flexibility index (Phi) is 2.65. The lowest BCUT2D eigenvalue weighted by molar-refractivity contribution is 1.41. The van der Waals surface area contributed by atoms with Gasteiger partial charge in [-0.05, 0) is 20.4 Å². The molecule has 1 rings (SSSR count). The van der Waals surface area contributed by atoms with Crippen molar-refractivity contribution in [2.45, 2.75) is 6.16 Å². The normalized spacial score (nSPS) is 9.60. The number of rotatable bonds is 2. The minimum Gasteiger partial charge on any atom is -0.0985 e. The SMILES string of the molecule is C=Cc1ccc(C[PH3+])cc1. The fourth-order valence-corrected chi connectivity index (χ4v) is 1.15. The Morgan fingerprint density at radius 2 is 1.90 bits per heavy atom. The van der Waals surface area contributed by atoms with E-state index in [1.165, 1.54) is 11.1 Å². The van der Waals surface area contributed by atoms with E-state index in [1.807, 2.05) is 15.3 Å². The third-order valence-electron chi connectivity index (χ3n) is 1.50. The van der Waals surface area contributed by atoms with Gasteiger partial charge >= 0.3 is 0 Å². The monoisotopic (exact) mass is 151 g/mol. The van der Waals surface area contributed by atoms with E-state index in [-0.39, 0.29) is 0 Å². The van der Waals surface area contributed by atoms with Gasteiger partial charge in [0.25, 0.3) is 0 Å². The summed E-state index contributed by atoms with van der Waals surface area (Å²) in [5.74, 6) is 0. The van der Waals surface area contributed by atoms with E-state index in [0.29, 0.717) is 0 Å². The van der Waals surface area contributed by atoms with Crippen molar-refractivity contribution >= 4 is 15.3 Å². The van der Waals surface area contributed by atoms with Gasteiger partial charge in [0.05, 0.1) is 6.16 Å². The lowest BCUT2D eigenvalue weighted by Gasteiger charge is -1.93. The van der Waals surface area contributed by atoms with Crippen molar-refractivity contribution in [2.75, 3.05) is 0 Å². The molecule has 1 heteroatoms. The molecule has 0 amide bonds. The summed E-state index contributed by atoms with van der Waals surface area (Å²) >= 11 is 0. The third kappa shape index (κ3) is 1.68. The van der Waals surface area contributed by atoms with Crippen LogP contribution in [0.1, 0.15) is 11.1 Å². The van der Waals surface area contributed by atoms with E-state index in [0.717, 1.165) is 6.16 Å². The standard InChI is InChI=1S/C9H11P/c1-2-8-3-5-9(7-10)6-4-8/h2-6H,1,7,10H2/p+1. The summed E-state index contributed by atoms with van der Waals surface area (Å²) in [6.45, 7) is 3.69. The summed E-state index contributed by atoms with van der Waals surface area (Å²) in [6, 6.07) is 8.47. The highest BCUT2D eigenvalue weighted by Gasteiger charge is 1.88. The number of hydrogen-bond acceptors (Lipinski definition) is 0. The molecule has 52 valence electrons. The lowest BCUT2D eigenvalue weighted by Crippen LogP contribution is -1.75. The van der Waals surface area contributed by atoms with Gasteiger partial charge in [-0.15, -0.1) is 0 Å².